The van der Waals surface area contributed by atoms with Crippen LogP contribution in [0.4, 0.5) is 5.69 Å². The molecule has 0 aliphatic carbocycles. The van der Waals surface area contributed by atoms with Gasteiger partial charge < -0.3 is 24.4 Å². The third-order valence-corrected chi connectivity index (χ3v) is 4.87. The molecule has 1 heterocycles. The Morgan fingerprint density at radius 2 is 1.72 bits per heavy atom. The molecule has 1 fully saturated rings. The Balaban J connectivity index is 1.79. The number of rotatable bonds is 5. The minimum atomic E-state index is -0.383. The Kier molecular flexibility index (Phi) is 6.08. The molecule has 3 rings (SSSR count). The zero-order valence-electron chi connectivity index (χ0n) is 17.2. The van der Waals surface area contributed by atoms with E-state index in [0.29, 0.717) is 48.1 Å². The van der Waals surface area contributed by atoms with Crippen LogP contribution in [-0.2, 0) is 4.74 Å². The molecule has 1 saturated heterocycles. The third kappa shape index (κ3) is 4.68. The zero-order valence-corrected chi connectivity index (χ0v) is 17.2. The van der Waals surface area contributed by atoms with Gasteiger partial charge in [0.05, 0.1) is 33.0 Å². The summed E-state index contributed by atoms with van der Waals surface area (Å²) in [6, 6.07) is 11.9. The number of carbonyl (C=O) groups excluding carboxylic acids is 2. The molecule has 154 valence electrons. The molecule has 7 nitrogen and oxygen atoms in total. The van der Waals surface area contributed by atoms with Crippen LogP contribution < -0.4 is 14.8 Å². The van der Waals surface area contributed by atoms with Crippen LogP contribution in [0.1, 0.15) is 34.6 Å². The number of amides is 2. The van der Waals surface area contributed by atoms with Gasteiger partial charge in [-0.2, -0.15) is 0 Å². The van der Waals surface area contributed by atoms with Gasteiger partial charge in [-0.15, -0.1) is 0 Å². The van der Waals surface area contributed by atoms with Crippen LogP contribution in [0.5, 0.6) is 11.5 Å². The van der Waals surface area contributed by atoms with E-state index in [1.165, 1.54) is 14.2 Å². The van der Waals surface area contributed by atoms with Gasteiger partial charge in [-0.05, 0) is 44.2 Å². The lowest BCUT2D eigenvalue weighted by atomic mass is 10.0. The number of ether oxygens (including phenoxy) is 3. The number of nitrogens with zero attached hydrogens (tertiary/aromatic N) is 1. The monoisotopic (exact) mass is 398 g/mol. The first kappa shape index (κ1) is 20.7. The van der Waals surface area contributed by atoms with Gasteiger partial charge in [-0.3, -0.25) is 9.59 Å². The van der Waals surface area contributed by atoms with Crippen LogP contribution in [0, 0.1) is 0 Å². The van der Waals surface area contributed by atoms with Crippen molar-refractivity contribution in [2.24, 2.45) is 0 Å². The van der Waals surface area contributed by atoms with Gasteiger partial charge in [-0.1, -0.05) is 6.07 Å². The number of methoxy groups -OCH3 is 2. The molecule has 1 aliphatic heterocycles. The highest BCUT2D eigenvalue weighted by Crippen LogP contribution is 2.25. The van der Waals surface area contributed by atoms with E-state index in [-0.39, 0.29) is 17.4 Å². The van der Waals surface area contributed by atoms with Crippen molar-refractivity contribution in [3.05, 3.63) is 53.6 Å². The normalized spacial score (nSPS) is 15.5. The van der Waals surface area contributed by atoms with Gasteiger partial charge in [0, 0.05) is 29.4 Å². The van der Waals surface area contributed by atoms with E-state index < -0.39 is 0 Å². The fraction of sp³-hybridized carbons (Fsp3) is 0.364. The van der Waals surface area contributed by atoms with Crippen LogP contribution in [0.3, 0.4) is 0 Å². The van der Waals surface area contributed by atoms with Crippen LogP contribution in [-0.4, -0.2) is 56.2 Å². The summed E-state index contributed by atoms with van der Waals surface area (Å²) in [5, 5.41) is 2.83. The van der Waals surface area contributed by atoms with Gasteiger partial charge in [-0.25, -0.2) is 0 Å². The molecule has 1 aliphatic rings. The lowest BCUT2D eigenvalue weighted by Crippen LogP contribution is -2.55. The molecule has 29 heavy (non-hydrogen) atoms. The van der Waals surface area contributed by atoms with Crippen molar-refractivity contribution < 1.29 is 23.8 Å². The summed E-state index contributed by atoms with van der Waals surface area (Å²) in [5.41, 5.74) is 1.06. The maximum atomic E-state index is 13.0. The van der Waals surface area contributed by atoms with Crippen molar-refractivity contribution >= 4 is 17.5 Å². The first-order chi connectivity index (χ1) is 13.8. The Hall–Kier alpha value is -3.06. The summed E-state index contributed by atoms with van der Waals surface area (Å²) in [6.45, 7) is 5.50. The molecular weight excluding hydrogens is 372 g/mol. The van der Waals surface area contributed by atoms with E-state index in [2.05, 4.69) is 5.32 Å². The van der Waals surface area contributed by atoms with E-state index in [9.17, 15) is 9.59 Å². The molecule has 2 amide bonds. The second kappa shape index (κ2) is 8.53. The predicted molar refractivity (Wildman–Crippen MR) is 110 cm³/mol. The van der Waals surface area contributed by atoms with Gasteiger partial charge in [0.25, 0.3) is 11.8 Å². The molecule has 0 radical (unpaired) electrons. The van der Waals surface area contributed by atoms with Crippen LogP contribution >= 0.6 is 0 Å². The van der Waals surface area contributed by atoms with E-state index in [0.717, 1.165) is 0 Å². The van der Waals surface area contributed by atoms with E-state index >= 15 is 0 Å². The fourth-order valence-corrected chi connectivity index (χ4v) is 3.26. The van der Waals surface area contributed by atoms with Gasteiger partial charge in [0.1, 0.15) is 11.5 Å². The maximum Gasteiger partial charge on any atom is 0.255 e. The lowest BCUT2D eigenvalue weighted by molar-refractivity contribution is -0.0370. The fourth-order valence-electron chi connectivity index (χ4n) is 3.26. The van der Waals surface area contributed by atoms with Crippen LogP contribution in [0.25, 0.3) is 0 Å². The maximum absolute atomic E-state index is 13.0. The number of nitrogens with one attached hydrogen (secondary N) is 1. The molecule has 2 aromatic carbocycles. The molecule has 0 saturated carbocycles. The molecular formula is C22H26N2O5. The Morgan fingerprint density at radius 1 is 1.03 bits per heavy atom. The molecule has 0 atom stereocenters. The van der Waals surface area contributed by atoms with Crippen molar-refractivity contribution in [1.29, 1.82) is 0 Å². The van der Waals surface area contributed by atoms with Crippen molar-refractivity contribution in [3.8, 4) is 11.5 Å². The summed E-state index contributed by atoms with van der Waals surface area (Å²) in [5.74, 6) is 0.636. The van der Waals surface area contributed by atoms with Crippen molar-refractivity contribution in [2.45, 2.75) is 19.4 Å². The summed E-state index contributed by atoms with van der Waals surface area (Å²) < 4.78 is 15.9. The van der Waals surface area contributed by atoms with Crippen molar-refractivity contribution in [3.63, 3.8) is 0 Å². The Morgan fingerprint density at radius 3 is 2.34 bits per heavy atom. The van der Waals surface area contributed by atoms with E-state index in [1.807, 2.05) is 18.7 Å². The number of hydrogen-bond donors (Lipinski definition) is 1. The summed E-state index contributed by atoms with van der Waals surface area (Å²) in [6.07, 6.45) is 0. The summed E-state index contributed by atoms with van der Waals surface area (Å²) >= 11 is 0. The van der Waals surface area contributed by atoms with Crippen LogP contribution in [0.15, 0.2) is 42.5 Å². The minimum absolute atomic E-state index is 0.0857. The predicted octanol–water partition coefficient (Wildman–Crippen LogP) is 3.21. The quantitative estimate of drug-likeness (QED) is 0.837. The summed E-state index contributed by atoms with van der Waals surface area (Å²) in [7, 11) is 3.05. The first-order valence-electron chi connectivity index (χ1n) is 9.38. The number of carbonyl (C=O) groups is 2. The van der Waals surface area contributed by atoms with Gasteiger partial charge >= 0.3 is 0 Å². The smallest absolute Gasteiger partial charge is 0.255 e. The second-order valence-corrected chi connectivity index (χ2v) is 7.46. The molecule has 0 aromatic heterocycles. The average molecular weight is 398 g/mol. The SMILES string of the molecule is COc1cc(OC)cc(C(=O)Nc2cccc(C(=O)N3CCOCC3(C)C)c2)c1. The Labute approximate surface area is 170 Å². The second-order valence-electron chi connectivity index (χ2n) is 7.46. The highest BCUT2D eigenvalue weighted by Gasteiger charge is 2.34. The topological polar surface area (TPSA) is 77.1 Å². The van der Waals surface area contributed by atoms with Crippen LogP contribution in [0.2, 0.25) is 0 Å². The average Bonchev–Trinajstić information content (AvgIpc) is 2.72. The van der Waals surface area contributed by atoms with Gasteiger partial charge in [0.2, 0.25) is 0 Å². The number of morpholine rings is 1. The Bertz CT molecular complexity index is 888. The molecule has 2 aromatic rings. The number of benzene rings is 2. The van der Waals surface area contributed by atoms with E-state index in [1.54, 1.807) is 42.5 Å². The zero-order chi connectivity index (χ0) is 21.0. The molecule has 1 N–H and O–H groups in total. The van der Waals surface area contributed by atoms with Crippen molar-refractivity contribution in [1.82, 2.24) is 4.90 Å². The number of hydrogen-bond acceptors (Lipinski definition) is 5. The highest BCUT2D eigenvalue weighted by molar-refractivity contribution is 6.05. The minimum Gasteiger partial charge on any atom is -0.497 e. The van der Waals surface area contributed by atoms with Gasteiger partial charge in [0.15, 0.2) is 0 Å². The van der Waals surface area contributed by atoms with E-state index in [4.69, 9.17) is 14.2 Å². The molecule has 7 heteroatoms. The molecule has 0 spiro atoms. The standard InChI is InChI=1S/C22H26N2O5/c1-22(2)14-29-9-8-24(22)21(26)15-6-5-7-17(10-15)23-20(25)16-11-18(27-3)13-19(12-16)28-4/h5-7,10-13H,8-9,14H2,1-4H3,(H,23,25). The third-order valence-electron chi connectivity index (χ3n) is 4.87. The number of anilines is 1. The molecule has 0 bridgehead atoms. The highest BCUT2D eigenvalue weighted by atomic mass is 16.5. The van der Waals surface area contributed by atoms with Crippen molar-refractivity contribution in [2.75, 3.05) is 39.3 Å². The summed E-state index contributed by atoms with van der Waals surface area (Å²) in [4.78, 5) is 27.5. The first-order valence-corrected chi connectivity index (χ1v) is 9.38. The lowest BCUT2D eigenvalue weighted by Gasteiger charge is -2.42. The largest absolute Gasteiger partial charge is 0.497 e. The molecule has 0 unspecified atom stereocenters.